The van der Waals surface area contributed by atoms with Gasteiger partial charge in [0.25, 0.3) is 0 Å². The van der Waals surface area contributed by atoms with Crippen molar-refractivity contribution in [1.29, 1.82) is 0 Å². The van der Waals surface area contributed by atoms with Gasteiger partial charge in [-0.2, -0.15) is 0 Å². The van der Waals surface area contributed by atoms with Gasteiger partial charge in [0, 0.05) is 43.4 Å². The summed E-state index contributed by atoms with van der Waals surface area (Å²) in [7, 11) is 2.09. The predicted molar refractivity (Wildman–Crippen MR) is 94.3 cm³/mol. The number of carbonyl (C=O) groups excluding carboxylic acids is 1. The van der Waals surface area contributed by atoms with Crippen LogP contribution >= 0.6 is 0 Å². The van der Waals surface area contributed by atoms with E-state index < -0.39 is 0 Å². The van der Waals surface area contributed by atoms with E-state index in [1.165, 1.54) is 25.7 Å². The molecule has 2 rings (SSSR count). The predicted octanol–water partition coefficient (Wildman–Crippen LogP) is 3.17. The Balaban J connectivity index is 1.68. The summed E-state index contributed by atoms with van der Waals surface area (Å²) in [6, 6.07) is 6.81. The molecule has 1 amide bonds. The zero-order valence-corrected chi connectivity index (χ0v) is 14.6. The van der Waals surface area contributed by atoms with Crippen molar-refractivity contribution in [3.05, 3.63) is 30.1 Å². The molecular formula is C19H31N3O. The van der Waals surface area contributed by atoms with Crippen molar-refractivity contribution in [1.82, 2.24) is 15.2 Å². The molecule has 1 atom stereocenters. The van der Waals surface area contributed by atoms with Crippen molar-refractivity contribution >= 4 is 5.91 Å². The first kappa shape index (κ1) is 17.9. The molecule has 0 bridgehead atoms. The highest BCUT2D eigenvalue weighted by molar-refractivity contribution is 5.76. The number of aromatic nitrogens is 1. The second kappa shape index (κ2) is 9.66. The summed E-state index contributed by atoms with van der Waals surface area (Å²) in [4.78, 5) is 18.8. The van der Waals surface area contributed by atoms with Gasteiger partial charge < -0.3 is 10.2 Å². The third kappa shape index (κ3) is 6.69. The number of rotatable bonds is 7. The summed E-state index contributed by atoms with van der Waals surface area (Å²) in [6.45, 7) is 2.99. The van der Waals surface area contributed by atoms with Crippen LogP contribution in [0.25, 0.3) is 0 Å². The van der Waals surface area contributed by atoms with Crippen molar-refractivity contribution in [3.63, 3.8) is 0 Å². The molecule has 0 radical (unpaired) electrons. The van der Waals surface area contributed by atoms with Gasteiger partial charge in [-0.1, -0.05) is 31.7 Å². The molecule has 0 aliphatic heterocycles. The lowest BCUT2D eigenvalue weighted by Crippen LogP contribution is -2.38. The third-order valence-corrected chi connectivity index (χ3v) is 4.89. The van der Waals surface area contributed by atoms with E-state index in [0.29, 0.717) is 18.5 Å². The van der Waals surface area contributed by atoms with Crippen molar-refractivity contribution < 1.29 is 4.79 Å². The van der Waals surface area contributed by atoms with Gasteiger partial charge in [0.2, 0.25) is 5.91 Å². The largest absolute Gasteiger partial charge is 0.353 e. The lowest BCUT2D eigenvalue weighted by atomic mass is 10.1. The van der Waals surface area contributed by atoms with Crippen molar-refractivity contribution in [2.45, 2.75) is 70.4 Å². The molecule has 4 nitrogen and oxygen atoms in total. The highest BCUT2D eigenvalue weighted by Gasteiger charge is 2.16. The minimum absolute atomic E-state index is 0.203. The van der Waals surface area contributed by atoms with Crippen LogP contribution in [0.15, 0.2) is 24.4 Å². The minimum Gasteiger partial charge on any atom is -0.353 e. The zero-order valence-electron chi connectivity index (χ0n) is 14.6. The molecular weight excluding hydrogens is 286 g/mol. The van der Waals surface area contributed by atoms with Gasteiger partial charge in [0.1, 0.15) is 0 Å². The van der Waals surface area contributed by atoms with Gasteiger partial charge in [-0.25, -0.2) is 0 Å². The normalized spacial score (nSPS) is 17.7. The maximum absolute atomic E-state index is 12.2. The Labute approximate surface area is 140 Å². The number of pyridine rings is 1. The van der Waals surface area contributed by atoms with Crippen LogP contribution in [0.2, 0.25) is 0 Å². The summed E-state index contributed by atoms with van der Waals surface area (Å²) in [6.07, 6.45) is 10.8. The summed E-state index contributed by atoms with van der Waals surface area (Å²) >= 11 is 0. The molecule has 1 aromatic heterocycles. The Hall–Kier alpha value is -1.42. The van der Waals surface area contributed by atoms with E-state index in [4.69, 9.17) is 0 Å². The average molecular weight is 317 g/mol. The quantitative estimate of drug-likeness (QED) is 0.786. The smallest absolute Gasteiger partial charge is 0.221 e. The second-order valence-corrected chi connectivity index (χ2v) is 6.86. The second-order valence-electron chi connectivity index (χ2n) is 6.86. The van der Waals surface area contributed by atoms with E-state index in [2.05, 4.69) is 35.2 Å². The van der Waals surface area contributed by atoms with E-state index in [-0.39, 0.29) is 5.91 Å². The van der Waals surface area contributed by atoms with Crippen LogP contribution < -0.4 is 5.32 Å². The monoisotopic (exact) mass is 317 g/mol. The van der Waals surface area contributed by atoms with Crippen LogP contribution in [0.5, 0.6) is 0 Å². The molecule has 1 aliphatic rings. The number of carbonyl (C=O) groups is 1. The lowest BCUT2D eigenvalue weighted by Gasteiger charge is -2.24. The molecule has 23 heavy (non-hydrogen) atoms. The molecule has 0 saturated heterocycles. The Morgan fingerprint density at radius 2 is 2.04 bits per heavy atom. The number of nitrogens with zero attached hydrogens (tertiary/aromatic N) is 2. The number of hydrogen-bond acceptors (Lipinski definition) is 3. The fraction of sp³-hybridized carbons (Fsp3) is 0.684. The Morgan fingerprint density at radius 3 is 2.70 bits per heavy atom. The van der Waals surface area contributed by atoms with Crippen LogP contribution in [0.1, 0.15) is 57.6 Å². The van der Waals surface area contributed by atoms with E-state index in [9.17, 15) is 4.79 Å². The molecule has 4 heteroatoms. The van der Waals surface area contributed by atoms with Crippen molar-refractivity contribution in [3.8, 4) is 0 Å². The first-order chi connectivity index (χ1) is 11.1. The summed E-state index contributed by atoms with van der Waals surface area (Å²) < 4.78 is 0. The maximum Gasteiger partial charge on any atom is 0.221 e. The first-order valence-corrected chi connectivity index (χ1v) is 9.04. The van der Waals surface area contributed by atoms with Crippen LogP contribution in [-0.4, -0.2) is 41.5 Å². The lowest BCUT2D eigenvalue weighted by molar-refractivity contribution is -0.122. The fourth-order valence-electron chi connectivity index (χ4n) is 3.20. The molecule has 1 fully saturated rings. The molecule has 1 aromatic rings. The number of nitrogens with one attached hydrogen (secondary N) is 1. The van der Waals surface area contributed by atoms with Crippen LogP contribution in [0, 0.1) is 0 Å². The minimum atomic E-state index is 0.203. The molecule has 1 aliphatic carbocycles. The maximum atomic E-state index is 12.2. The first-order valence-electron chi connectivity index (χ1n) is 9.04. The highest BCUT2D eigenvalue weighted by Crippen LogP contribution is 2.17. The summed E-state index contributed by atoms with van der Waals surface area (Å²) in [5, 5.41) is 3.22. The zero-order chi connectivity index (χ0) is 16.5. The summed E-state index contributed by atoms with van der Waals surface area (Å²) in [5.74, 6) is 0.203. The third-order valence-electron chi connectivity index (χ3n) is 4.89. The Morgan fingerprint density at radius 1 is 1.30 bits per heavy atom. The molecule has 0 unspecified atom stereocenters. The van der Waals surface area contributed by atoms with E-state index in [1.54, 1.807) is 0 Å². The van der Waals surface area contributed by atoms with Gasteiger partial charge in [0.05, 0.1) is 0 Å². The van der Waals surface area contributed by atoms with E-state index in [1.807, 2.05) is 18.3 Å². The number of hydrogen-bond donors (Lipinski definition) is 1. The van der Waals surface area contributed by atoms with E-state index in [0.717, 1.165) is 31.5 Å². The molecule has 128 valence electrons. The number of amides is 1. The standard InChI is InChI=1S/C19H31N3O/c1-16(15-18-11-7-8-13-20-18)22(2)14-12-19(23)21-17-9-5-3-4-6-10-17/h7-8,11,13,16-17H,3-6,9-10,12,14-15H2,1-2H3,(H,21,23)/t16-/m0/s1. The average Bonchev–Trinajstić information content (AvgIpc) is 2.82. The molecule has 1 N–H and O–H groups in total. The van der Waals surface area contributed by atoms with Gasteiger partial charge in [-0.15, -0.1) is 0 Å². The van der Waals surface area contributed by atoms with Gasteiger partial charge in [0.15, 0.2) is 0 Å². The fourth-order valence-corrected chi connectivity index (χ4v) is 3.20. The van der Waals surface area contributed by atoms with Gasteiger partial charge in [-0.05, 0) is 38.9 Å². The highest BCUT2D eigenvalue weighted by atomic mass is 16.1. The van der Waals surface area contributed by atoms with Gasteiger partial charge >= 0.3 is 0 Å². The Kier molecular flexibility index (Phi) is 7.53. The molecule has 0 spiro atoms. The topological polar surface area (TPSA) is 45.2 Å². The van der Waals surface area contributed by atoms with E-state index >= 15 is 0 Å². The molecule has 0 aromatic carbocycles. The van der Waals surface area contributed by atoms with Gasteiger partial charge in [-0.3, -0.25) is 9.78 Å². The SMILES string of the molecule is C[C@@H](Cc1ccccn1)N(C)CCC(=O)NC1CCCCCC1. The van der Waals surface area contributed by atoms with Crippen LogP contribution in [0.4, 0.5) is 0 Å². The van der Waals surface area contributed by atoms with Crippen LogP contribution in [-0.2, 0) is 11.2 Å². The number of likely N-dealkylation sites (N-methyl/N-ethyl adjacent to an activating group) is 1. The Bertz CT molecular complexity index is 455. The molecule has 1 heterocycles. The van der Waals surface area contributed by atoms with Crippen LogP contribution in [0.3, 0.4) is 0 Å². The van der Waals surface area contributed by atoms with Crippen molar-refractivity contribution in [2.75, 3.05) is 13.6 Å². The summed E-state index contributed by atoms with van der Waals surface area (Å²) in [5.41, 5.74) is 1.11. The molecule has 1 saturated carbocycles. The van der Waals surface area contributed by atoms with Crippen molar-refractivity contribution in [2.24, 2.45) is 0 Å².